The molecule has 0 unspecified atom stereocenters. The highest BCUT2D eigenvalue weighted by atomic mass is 16.2. The van der Waals surface area contributed by atoms with Crippen molar-refractivity contribution in [2.45, 2.75) is 39.0 Å². The second-order valence-corrected chi connectivity index (χ2v) is 7.44. The van der Waals surface area contributed by atoms with Gasteiger partial charge in [0.1, 0.15) is 5.82 Å². The zero-order chi connectivity index (χ0) is 19.9. The van der Waals surface area contributed by atoms with Gasteiger partial charge in [-0.25, -0.2) is 4.98 Å². The van der Waals surface area contributed by atoms with Crippen LogP contribution in [0.2, 0.25) is 0 Å². The lowest BCUT2D eigenvalue weighted by atomic mass is 9.93. The van der Waals surface area contributed by atoms with Gasteiger partial charge in [-0.3, -0.25) is 14.6 Å². The molecule has 0 radical (unpaired) electrons. The van der Waals surface area contributed by atoms with Crippen LogP contribution in [0.1, 0.15) is 36.9 Å². The molecule has 2 aromatic heterocycles. The number of pyridine rings is 1. The number of rotatable bonds is 7. The summed E-state index contributed by atoms with van der Waals surface area (Å²) in [4.78, 5) is 38.4. The molecule has 0 aromatic carbocycles. The third kappa shape index (κ3) is 5.04. The molecule has 1 saturated heterocycles. The number of piperidine rings is 1. The number of nitrogens with zero attached hydrogens (tertiary/aromatic N) is 3. The molecule has 2 N–H and O–H groups in total. The molecule has 7 heteroatoms. The topological polar surface area (TPSA) is 91.0 Å². The Morgan fingerprint density at radius 1 is 1.36 bits per heavy atom. The minimum Gasteiger partial charge on any atom is -0.343 e. The van der Waals surface area contributed by atoms with Crippen LogP contribution in [0.15, 0.2) is 29.3 Å². The van der Waals surface area contributed by atoms with E-state index in [4.69, 9.17) is 0 Å². The van der Waals surface area contributed by atoms with Crippen LogP contribution >= 0.6 is 0 Å². The van der Waals surface area contributed by atoms with Gasteiger partial charge in [0.15, 0.2) is 0 Å². The van der Waals surface area contributed by atoms with Gasteiger partial charge in [0.2, 0.25) is 5.91 Å². The first-order chi connectivity index (χ1) is 13.6. The quantitative estimate of drug-likeness (QED) is 0.762. The SMILES string of the molecule is CNCCC1CCN(C(=O)CCc2c(C)nc(-c3cccnc3)[nH]c2=O)CC1. The van der Waals surface area contributed by atoms with Crippen molar-refractivity contribution in [1.82, 2.24) is 25.2 Å². The van der Waals surface area contributed by atoms with Crippen LogP contribution in [0.3, 0.4) is 0 Å². The number of aromatic amines is 1. The van der Waals surface area contributed by atoms with E-state index in [1.165, 1.54) is 6.42 Å². The summed E-state index contributed by atoms with van der Waals surface area (Å²) in [6.07, 6.45) is 7.41. The number of carbonyl (C=O) groups excluding carboxylic acids is 1. The molecular formula is C21H29N5O2. The van der Waals surface area contributed by atoms with E-state index in [1.807, 2.05) is 24.9 Å². The molecular weight excluding hydrogens is 354 g/mol. The Balaban J connectivity index is 1.57. The molecule has 0 aliphatic carbocycles. The van der Waals surface area contributed by atoms with Gasteiger partial charge in [0.05, 0.1) is 0 Å². The maximum absolute atomic E-state index is 12.6. The number of aromatic nitrogens is 3. The summed E-state index contributed by atoms with van der Waals surface area (Å²) in [6, 6.07) is 3.66. The van der Waals surface area contributed by atoms with E-state index in [2.05, 4.69) is 20.3 Å². The lowest BCUT2D eigenvalue weighted by Gasteiger charge is -2.32. The second kappa shape index (κ2) is 9.59. The zero-order valence-corrected chi connectivity index (χ0v) is 16.7. The van der Waals surface area contributed by atoms with Crippen LogP contribution in [0.4, 0.5) is 0 Å². The van der Waals surface area contributed by atoms with Crippen LogP contribution in [-0.4, -0.2) is 52.4 Å². The van der Waals surface area contributed by atoms with Crippen molar-refractivity contribution in [3.8, 4) is 11.4 Å². The van der Waals surface area contributed by atoms with Crippen molar-refractivity contribution >= 4 is 5.91 Å². The van der Waals surface area contributed by atoms with Gasteiger partial charge in [-0.15, -0.1) is 0 Å². The lowest BCUT2D eigenvalue weighted by Crippen LogP contribution is -2.39. The highest BCUT2D eigenvalue weighted by molar-refractivity contribution is 5.76. The fourth-order valence-corrected chi connectivity index (χ4v) is 3.75. The van der Waals surface area contributed by atoms with Gasteiger partial charge in [-0.2, -0.15) is 0 Å². The lowest BCUT2D eigenvalue weighted by molar-refractivity contribution is -0.132. The van der Waals surface area contributed by atoms with Gasteiger partial charge in [0, 0.05) is 48.7 Å². The molecule has 1 fully saturated rings. The van der Waals surface area contributed by atoms with Gasteiger partial charge in [-0.05, 0) is 64.3 Å². The van der Waals surface area contributed by atoms with Crippen molar-refractivity contribution in [2.75, 3.05) is 26.7 Å². The Labute approximate surface area is 165 Å². The summed E-state index contributed by atoms with van der Waals surface area (Å²) < 4.78 is 0. The second-order valence-electron chi connectivity index (χ2n) is 7.44. The minimum absolute atomic E-state index is 0.127. The first-order valence-electron chi connectivity index (χ1n) is 10.0. The molecule has 0 spiro atoms. The van der Waals surface area contributed by atoms with Gasteiger partial charge in [0.25, 0.3) is 5.56 Å². The largest absolute Gasteiger partial charge is 0.343 e. The third-order valence-corrected chi connectivity index (χ3v) is 5.52. The Morgan fingerprint density at radius 3 is 2.79 bits per heavy atom. The van der Waals surface area contributed by atoms with E-state index in [1.54, 1.807) is 18.5 Å². The first kappa shape index (κ1) is 20.2. The number of aryl methyl sites for hydroxylation is 1. The van der Waals surface area contributed by atoms with E-state index in [-0.39, 0.29) is 11.5 Å². The summed E-state index contributed by atoms with van der Waals surface area (Å²) in [5.41, 5.74) is 1.85. The smallest absolute Gasteiger partial charge is 0.254 e. The van der Waals surface area contributed by atoms with Crippen LogP contribution in [0, 0.1) is 12.8 Å². The van der Waals surface area contributed by atoms with Gasteiger partial charge >= 0.3 is 0 Å². The molecule has 3 heterocycles. The number of H-pyrrole nitrogens is 1. The maximum Gasteiger partial charge on any atom is 0.254 e. The van der Waals surface area contributed by atoms with Crippen LogP contribution in [-0.2, 0) is 11.2 Å². The van der Waals surface area contributed by atoms with Crippen LogP contribution < -0.4 is 10.9 Å². The normalized spacial score (nSPS) is 15.0. The number of carbonyl (C=O) groups is 1. The highest BCUT2D eigenvalue weighted by Crippen LogP contribution is 2.21. The molecule has 0 bridgehead atoms. The fraction of sp³-hybridized carbons (Fsp3) is 0.524. The van der Waals surface area contributed by atoms with E-state index in [0.29, 0.717) is 35.8 Å². The number of hydrogen-bond donors (Lipinski definition) is 2. The van der Waals surface area contributed by atoms with E-state index in [0.717, 1.165) is 38.0 Å². The van der Waals surface area contributed by atoms with Crippen LogP contribution in [0.5, 0.6) is 0 Å². The van der Waals surface area contributed by atoms with Crippen molar-refractivity contribution in [3.05, 3.63) is 46.1 Å². The third-order valence-electron chi connectivity index (χ3n) is 5.52. The van der Waals surface area contributed by atoms with Gasteiger partial charge in [-0.1, -0.05) is 0 Å². The summed E-state index contributed by atoms with van der Waals surface area (Å²) in [5.74, 6) is 1.34. The molecule has 7 nitrogen and oxygen atoms in total. The Kier molecular flexibility index (Phi) is 6.92. The number of likely N-dealkylation sites (tertiary alicyclic amines) is 1. The Bertz CT molecular complexity index is 842. The summed E-state index contributed by atoms with van der Waals surface area (Å²) in [6.45, 7) is 4.49. The number of amides is 1. The summed E-state index contributed by atoms with van der Waals surface area (Å²) in [5, 5.41) is 3.19. The number of hydrogen-bond acceptors (Lipinski definition) is 5. The van der Waals surface area contributed by atoms with Crippen molar-refractivity contribution in [1.29, 1.82) is 0 Å². The molecule has 0 atom stereocenters. The standard InChI is InChI=1S/C21H29N5O2/c1-15-18(21(28)25-20(24-15)17-4-3-10-23-14-17)5-6-19(27)26-12-8-16(9-13-26)7-11-22-2/h3-4,10,14,16,22H,5-9,11-13H2,1-2H3,(H,24,25,28). The number of nitrogens with one attached hydrogen (secondary N) is 2. The minimum atomic E-state index is -0.176. The molecule has 1 amide bonds. The van der Waals surface area contributed by atoms with Gasteiger partial charge < -0.3 is 15.2 Å². The molecule has 2 aromatic rings. The first-order valence-corrected chi connectivity index (χ1v) is 10.0. The monoisotopic (exact) mass is 383 g/mol. The van der Waals surface area contributed by atoms with Crippen molar-refractivity contribution in [2.24, 2.45) is 5.92 Å². The Hall–Kier alpha value is -2.54. The molecule has 0 saturated carbocycles. The summed E-state index contributed by atoms with van der Waals surface area (Å²) in [7, 11) is 1.97. The molecule has 28 heavy (non-hydrogen) atoms. The molecule has 3 rings (SSSR count). The van der Waals surface area contributed by atoms with E-state index >= 15 is 0 Å². The van der Waals surface area contributed by atoms with Crippen LogP contribution in [0.25, 0.3) is 11.4 Å². The van der Waals surface area contributed by atoms with E-state index in [9.17, 15) is 9.59 Å². The molecule has 1 aliphatic rings. The van der Waals surface area contributed by atoms with Crippen molar-refractivity contribution in [3.63, 3.8) is 0 Å². The fourth-order valence-electron chi connectivity index (χ4n) is 3.75. The highest BCUT2D eigenvalue weighted by Gasteiger charge is 2.22. The average Bonchev–Trinajstić information content (AvgIpc) is 2.72. The van der Waals surface area contributed by atoms with Crippen molar-refractivity contribution < 1.29 is 4.79 Å². The zero-order valence-electron chi connectivity index (χ0n) is 16.7. The predicted molar refractivity (Wildman–Crippen MR) is 109 cm³/mol. The Morgan fingerprint density at radius 2 is 2.14 bits per heavy atom. The predicted octanol–water partition coefficient (Wildman–Crippen LogP) is 1.92. The van der Waals surface area contributed by atoms with E-state index < -0.39 is 0 Å². The molecule has 150 valence electrons. The summed E-state index contributed by atoms with van der Waals surface area (Å²) >= 11 is 0. The molecule has 1 aliphatic heterocycles. The average molecular weight is 383 g/mol. The maximum atomic E-state index is 12.6.